The van der Waals surface area contributed by atoms with E-state index in [0.29, 0.717) is 13.1 Å². The zero-order valence-electron chi connectivity index (χ0n) is 16.9. The Kier molecular flexibility index (Phi) is 10.3. The average Bonchev–Trinajstić information content (AvgIpc) is 2.62. The Morgan fingerprint density at radius 3 is 2.06 bits per heavy atom. The molecule has 0 aromatic heterocycles. The van der Waals surface area contributed by atoms with Crippen LogP contribution >= 0.6 is 0 Å². The van der Waals surface area contributed by atoms with Crippen LogP contribution in [0.15, 0.2) is 11.8 Å². The van der Waals surface area contributed by atoms with Gasteiger partial charge in [-0.05, 0) is 13.8 Å². The second-order valence-corrected chi connectivity index (χ2v) is 6.02. The van der Waals surface area contributed by atoms with Gasteiger partial charge in [-0.2, -0.15) is 13.2 Å². The van der Waals surface area contributed by atoms with Crippen LogP contribution in [0.3, 0.4) is 0 Å². The van der Waals surface area contributed by atoms with Gasteiger partial charge in [0.25, 0.3) is 5.91 Å². The second kappa shape index (κ2) is 11.6. The van der Waals surface area contributed by atoms with E-state index < -0.39 is 53.9 Å². The summed E-state index contributed by atoms with van der Waals surface area (Å²) >= 11 is 0. The zero-order chi connectivity index (χ0) is 24.5. The van der Waals surface area contributed by atoms with Crippen LogP contribution in [-0.4, -0.2) is 77.2 Å². The maximum absolute atomic E-state index is 12.7. The van der Waals surface area contributed by atoms with Crippen LogP contribution in [0.4, 0.5) is 13.2 Å². The number of ether oxygens (including phenoxy) is 1. The van der Waals surface area contributed by atoms with E-state index in [1.165, 1.54) is 17.9 Å². The topological polar surface area (TPSA) is 202 Å². The van der Waals surface area contributed by atoms with Gasteiger partial charge in [-0.15, -0.1) is 0 Å². The Bertz CT molecular complexity index is 746. The van der Waals surface area contributed by atoms with Gasteiger partial charge in [-0.1, -0.05) is 0 Å². The van der Waals surface area contributed by atoms with Crippen LogP contribution in [0.25, 0.3) is 0 Å². The van der Waals surface area contributed by atoms with Crippen molar-refractivity contribution < 1.29 is 52.3 Å². The highest BCUT2D eigenvalue weighted by atomic mass is 19.4. The summed E-state index contributed by atoms with van der Waals surface area (Å²) in [5, 5.41) is 20.6. The first-order chi connectivity index (χ1) is 14.1. The molecular weight excluding hydrogens is 431 g/mol. The lowest BCUT2D eigenvalue weighted by Gasteiger charge is -2.36. The summed E-state index contributed by atoms with van der Waals surface area (Å²) in [6.07, 6.45) is -5.20. The molecule has 15 heteroatoms. The van der Waals surface area contributed by atoms with Crippen molar-refractivity contribution in [2.24, 2.45) is 11.5 Å². The number of nitrogens with two attached hydrogens (primary N) is 2. The van der Waals surface area contributed by atoms with E-state index in [2.05, 4.69) is 10.3 Å². The average molecular weight is 455 g/mol. The third kappa shape index (κ3) is 8.79. The number of carbonyl (C=O) groups is 4. The molecule has 0 aromatic rings. The van der Waals surface area contributed by atoms with Gasteiger partial charge in [-0.25, -0.2) is 4.79 Å². The Balaban J connectivity index is 0.00000110. The van der Waals surface area contributed by atoms with Gasteiger partial charge < -0.3 is 30.0 Å². The largest absolute Gasteiger partial charge is 0.542 e. The lowest BCUT2D eigenvalue weighted by Crippen LogP contribution is -2.89. The van der Waals surface area contributed by atoms with E-state index in [1.807, 2.05) is 0 Å². The summed E-state index contributed by atoms with van der Waals surface area (Å²) in [7, 11) is 0. The molecule has 0 radical (unpaired) electrons. The first kappa shape index (κ1) is 27.5. The Labute approximate surface area is 174 Å². The van der Waals surface area contributed by atoms with Crippen LogP contribution in [0, 0.1) is 0 Å². The molecule has 1 rings (SSSR count). The molecular formula is C16H24F3N5O7. The highest BCUT2D eigenvalue weighted by Gasteiger charge is 2.43. The van der Waals surface area contributed by atoms with Gasteiger partial charge in [0.15, 0.2) is 0 Å². The minimum absolute atomic E-state index is 0.174. The molecule has 0 unspecified atom stereocenters. The third-order valence-corrected chi connectivity index (χ3v) is 3.76. The number of hydrogen-bond donors (Lipinski definition) is 5. The monoisotopic (exact) mass is 455 g/mol. The highest BCUT2D eigenvalue weighted by Crippen LogP contribution is 2.19. The van der Waals surface area contributed by atoms with Crippen LogP contribution in [-0.2, 0) is 23.9 Å². The van der Waals surface area contributed by atoms with Crippen molar-refractivity contribution in [2.75, 3.05) is 13.1 Å². The van der Waals surface area contributed by atoms with E-state index in [0.717, 1.165) is 0 Å². The number of aliphatic carboxylic acids is 2. The lowest BCUT2D eigenvalue weighted by atomic mass is 9.97. The van der Waals surface area contributed by atoms with Crippen LogP contribution in [0.1, 0.15) is 20.8 Å². The fourth-order valence-electron chi connectivity index (χ4n) is 2.47. The fraction of sp³-hybridized carbons (Fsp3) is 0.562. The van der Waals surface area contributed by atoms with E-state index in [9.17, 15) is 32.7 Å². The SMILES string of the molecule is CCN(CC)C(=O)[C@@H]1OC(C(=O)O)=C[C@H]([NH+]=C(N)N)[C@H]1NC(C)=O.O=C([O-])C(F)(F)F. The number of nitrogens with one attached hydrogen (secondary N) is 2. The lowest BCUT2D eigenvalue weighted by molar-refractivity contribution is -0.499. The molecule has 3 atom stereocenters. The normalized spacial score (nSPS) is 20.1. The molecule has 12 nitrogen and oxygen atoms in total. The maximum Gasteiger partial charge on any atom is 0.430 e. The quantitative estimate of drug-likeness (QED) is 0.194. The molecule has 176 valence electrons. The van der Waals surface area contributed by atoms with E-state index >= 15 is 0 Å². The first-order valence-corrected chi connectivity index (χ1v) is 8.75. The maximum atomic E-state index is 12.7. The van der Waals surface area contributed by atoms with Gasteiger partial charge in [0.05, 0.1) is 0 Å². The van der Waals surface area contributed by atoms with Crippen molar-refractivity contribution in [3.63, 3.8) is 0 Å². The van der Waals surface area contributed by atoms with Gasteiger partial charge >= 0.3 is 18.1 Å². The number of amides is 2. The number of alkyl halides is 3. The summed E-state index contributed by atoms with van der Waals surface area (Å²) in [6.45, 7) is 5.68. The van der Waals surface area contributed by atoms with Crippen molar-refractivity contribution in [1.82, 2.24) is 10.2 Å². The van der Waals surface area contributed by atoms with Crippen molar-refractivity contribution in [3.8, 4) is 0 Å². The van der Waals surface area contributed by atoms with Crippen molar-refractivity contribution in [2.45, 2.75) is 45.1 Å². The van der Waals surface area contributed by atoms with Gasteiger partial charge in [-0.3, -0.25) is 26.0 Å². The van der Waals surface area contributed by atoms with Crippen molar-refractivity contribution >= 4 is 29.7 Å². The molecule has 1 heterocycles. The molecule has 0 saturated carbocycles. The summed E-state index contributed by atoms with van der Waals surface area (Å²) in [5.74, 6) is -5.78. The van der Waals surface area contributed by atoms with Crippen LogP contribution in [0.5, 0.6) is 0 Å². The molecule has 7 N–H and O–H groups in total. The van der Waals surface area contributed by atoms with Gasteiger partial charge in [0.1, 0.15) is 18.1 Å². The molecule has 0 saturated heterocycles. The molecule has 0 aromatic carbocycles. The van der Waals surface area contributed by atoms with Gasteiger partial charge in [0.2, 0.25) is 17.8 Å². The number of carboxylic acid groups (broad SMARTS) is 2. The zero-order valence-corrected chi connectivity index (χ0v) is 16.9. The number of rotatable bonds is 6. The number of halogens is 3. The number of hydrogen-bond acceptors (Lipinski definition) is 6. The molecule has 2 amide bonds. The second-order valence-electron chi connectivity index (χ2n) is 6.02. The predicted octanol–water partition coefficient (Wildman–Crippen LogP) is -4.25. The number of guanidine groups is 1. The van der Waals surface area contributed by atoms with Crippen LogP contribution < -0.4 is 26.9 Å². The number of likely N-dealkylation sites (N-methyl/N-ethyl adjacent to an activating group) is 1. The third-order valence-electron chi connectivity index (χ3n) is 3.76. The van der Waals surface area contributed by atoms with E-state index in [-0.39, 0.29) is 5.96 Å². The number of carbonyl (C=O) groups excluding carboxylic acids is 3. The Morgan fingerprint density at radius 1 is 1.26 bits per heavy atom. The van der Waals surface area contributed by atoms with Crippen molar-refractivity contribution in [3.05, 3.63) is 11.8 Å². The predicted molar refractivity (Wildman–Crippen MR) is 95.3 cm³/mol. The molecule has 0 fully saturated rings. The van der Waals surface area contributed by atoms with Crippen LogP contribution in [0.2, 0.25) is 0 Å². The molecule has 0 spiro atoms. The fourth-order valence-corrected chi connectivity index (χ4v) is 2.47. The summed E-state index contributed by atoms with van der Waals surface area (Å²) in [6, 6.07) is -1.69. The molecule has 0 aliphatic carbocycles. The minimum atomic E-state index is -5.19. The molecule has 1 aliphatic rings. The van der Waals surface area contributed by atoms with Crippen molar-refractivity contribution in [1.29, 1.82) is 0 Å². The Hall–Kier alpha value is -3.52. The van der Waals surface area contributed by atoms with E-state index in [1.54, 1.807) is 13.8 Å². The Morgan fingerprint density at radius 2 is 1.74 bits per heavy atom. The van der Waals surface area contributed by atoms with E-state index in [4.69, 9.17) is 26.1 Å². The standard InChI is InChI=1S/C14H23N5O5.C2HF3O2/c1-4-19(5-2)12(21)11-10(17-7(3)20)8(18-14(15)16)6-9(24-11)13(22)23;3-2(4,5)1(6)7/h6,8,10-11H,4-5H2,1-3H3,(H,17,20)(H,22,23)(H4,15,16,18);(H,6,7)/t8-,10+,11+;/m0./s1. The number of nitrogens with zero attached hydrogens (tertiary/aromatic N) is 1. The molecule has 1 aliphatic heterocycles. The minimum Gasteiger partial charge on any atom is -0.542 e. The molecule has 0 bridgehead atoms. The molecule has 31 heavy (non-hydrogen) atoms. The smallest absolute Gasteiger partial charge is 0.430 e. The summed E-state index contributed by atoms with van der Waals surface area (Å²) < 4.78 is 36.9. The number of carboxylic acids is 2. The first-order valence-electron chi connectivity index (χ1n) is 8.75. The van der Waals surface area contributed by atoms with Gasteiger partial charge in [0, 0.05) is 26.1 Å². The summed E-state index contributed by atoms with van der Waals surface area (Å²) in [4.78, 5) is 48.4. The summed E-state index contributed by atoms with van der Waals surface area (Å²) in [5.41, 5.74) is 10.9. The highest BCUT2D eigenvalue weighted by molar-refractivity contribution is 5.88.